The van der Waals surface area contributed by atoms with E-state index in [1.54, 1.807) is 0 Å². The number of para-hydroxylation sites is 2. The highest BCUT2D eigenvalue weighted by Crippen LogP contribution is 2.41. The molecule has 0 saturated carbocycles. The highest BCUT2D eigenvalue weighted by atomic mass is 15.1. The fourth-order valence-corrected chi connectivity index (χ4v) is 9.00. The second-order valence-electron chi connectivity index (χ2n) is 15.8. The van der Waals surface area contributed by atoms with E-state index in [0.29, 0.717) is 0 Å². The van der Waals surface area contributed by atoms with Crippen LogP contribution >= 0.6 is 0 Å². The fourth-order valence-electron chi connectivity index (χ4n) is 9.00. The lowest BCUT2D eigenvalue weighted by molar-refractivity contribution is 1.28. The number of benzene rings is 11. The van der Waals surface area contributed by atoms with Crippen molar-refractivity contribution in [1.82, 2.24) is 0 Å². The SMILES string of the molecule is C.c1ccc(-c2ccc(N(c3ccccc3)c3ccc(-c4ccc(N(c5ccccc5)c5cccc(-c6ccc7c8ccccc8c8ccccc8c7c6)c5)cc4)cc3)cc2)cc1. The molecule has 0 aliphatic carbocycles. The van der Waals surface area contributed by atoms with Gasteiger partial charge in [0.05, 0.1) is 0 Å². The summed E-state index contributed by atoms with van der Waals surface area (Å²) in [5, 5.41) is 7.70. The van der Waals surface area contributed by atoms with Crippen molar-refractivity contribution in [1.29, 1.82) is 0 Å². The molecule has 11 rings (SSSR count). The van der Waals surface area contributed by atoms with Crippen LogP contribution in [0.3, 0.4) is 0 Å². The van der Waals surface area contributed by atoms with Crippen LogP contribution in [0.5, 0.6) is 0 Å². The van der Waals surface area contributed by atoms with Gasteiger partial charge in [0, 0.05) is 34.1 Å². The molecule has 0 radical (unpaired) electrons. The van der Waals surface area contributed by atoms with Crippen LogP contribution in [-0.4, -0.2) is 0 Å². The van der Waals surface area contributed by atoms with Crippen LogP contribution in [-0.2, 0) is 0 Å². The summed E-state index contributed by atoms with van der Waals surface area (Å²) >= 11 is 0. The van der Waals surface area contributed by atoms with E-state index in [4.69, 9.17) is 0 Å². The minimum absolute atomic E-state index is 0. The minimum Gasteiger partial charge on any atom is -0.311 e. The van der Waals surface area contributed by atoms with Crippen molar-refractivity contribution >= 4 is 66.4 Å². The Labute approximate surface area is 370 Å². The van der Waals surface area contributed by atoms with Crippen LogP contribution in [0.25, 0.3) is 65.7 Å². The minimum atomic E-state index is 0. The highest BCUT2D eigenvalue weighted by molar-refractivity contribution is 6.25. The Morgan fingerprint density at radius 3 is 0.921 bits per heavy atom. The molecule has 2 heteroatoms. The van der Waals surface area contributed by atoms with Crippen molar-refractivity contribution in [3.05, 3.63) is 255 Å². The molecular weight excluding hydrogens is 761 g/mol. The summed E-state index contributed by atoms with van der Waals surface area (Å²) in [5.74, 6) is 0. The van der Waals surface area contributed by atoms with Crippen LogP contribution in [0.15, 0.2) is 255 Å². The average molecular weight is 807 g/mol. The van der Waals surface area contributed by atoms with Gasteiger partial charge in [0.25, 0.3) is 0 Å². The van der Waals surface area contributed by atoms with E-state index in [1.807, 2.05) is 0 Å². The number of rotatable bonds is 9. The molecule has 2 nitrogen and oxygen atoms in total. The Morgan fingerprint density at radius 2 is 0.460 bits per heavy atom. The molecule has 0 aromatic heterocycles. The van der Waals surface area contributed by atoms with Gasteiger partial charge >= 0.3 is 0 Å². The fraction of sp³-hybridized carbons (Fsp3) is 0.0164. The van der Waals surface area contributed by atoms with E-state index in [1.165, 1.54) is 54.6 Å². The first-order valence-electron chi connectivity index (χ1n) is 21.3. The first-order valence-corrected chi connectivity index (χ1v) is 21.3. The normalized spacial score (nSPS) is 11.0. The van der Waals surface area contributed by atoms with E-state index in [0.717, 1.165) is 45.3 Å². The van der Waals surface area contributed by atoms with Crippen LogP contribution < -0.4 is 9.80 Å². The number of anilines is 6. The summed E-state index contributed by atoms with van der Waals surface area (Å²) in [4.78, 5) is 4.66. The summed E-state index contributed by atoms with van der Waals surface area (Å²) < 4.78 is 0. The summed E-state index contributed by atoms with van der Waals surface area (Å²) in [5.41, 5.74) is 13.8. The van der Waals surface area contributed by atoms with Crippen molar-refractivity contribution in [2.24, 2.45) is 0 Å². The molecule has 11 aromatic carbocycles. The predicted molar refractivity (Wildman–Crippen MR) is 271 cm³/mol. The highest BCUT2D eigenvalue weighted by Gasteiger charge is 2.16. The van der Waals surface area contributed by atoms with Gasteiger partial charge in [0.15, 0.2) is 0 Å². The van der Waals surface area contributed by atoms with Gasteiger partial charge in [-0.05, 0) is 145 Å². The Balaban J connectivity index is 0.00000471. The van der Waals surface area contributed by atoms with Gasteiger partial charge in [-0.3, -0.25) is 0 Å². The topological polar surface area (TPSA) is 6.48 Å². The van der Waals surface area contributed by atoms with Crippen LogP contribution in [0, 0.1) is 0 Å². The Hall–Kier alpha value is -8.20. The van der Waals surface area contributed by atoms with E-state index in [2.05, 4.69) is 265 Å². The van der Waals surface area contributed by atoms with Crippen molar-refractivity contribution in [3.8, 4) is 33.4 Å². The van der Waals surface area contributed by atoms with Gasteiger partial charge in [-0.15, -0.1) is 0 Å². The average Bonchev–Trinajstić information content (AvgIpc) is 3.36. The molecule has 0 bridgehead atoms. The van der Waals surface area contributed by atoms with Crippen molar-refractivity contribution < 1.29 is 0 Å². The first kappa shape index (κ1) is 39.0. The smallest absolute Gasteiger partial charge is 0.0467 e. The molecule has 0 saturated heterocycles. The number of hydrogen-bond acceptors (Lipinski definition) is 2. The maximum Gasteiger partial charge on any atom is 0.0467 e. The second kappa shape index (κ2) is 17.0. The Kier molecular flexibility index (Phi) is 10.5. The molecule has 63 heavy (non-hydrogen) atoms. The third-order valence-electron chi connectivity index (χ3n) is 12.0. The van der Waals surface area contributed by atoms with E-state index < -0.39 is 0 Å². The van der Waals surface area contributed by atoms with E-state index in [9.17, 15) is 0 Å². The van der Waals surface area contributed by atoms with Crippen molar-refractivity contribution in [2.75, 3.05) is 9.80 Å². The molecule has 0 aliphatic rings. The van der Waals surface area contributed by atoms with Crippen molar-refractivity contribution in [3.63, 3.8) is 0 Å². The maximum absolute atomic E-state index is 2.37. The molecular formula is C61H46N2. The monoisotopic (exact) mass is 806 g/mol. The van der Waals surface area contributed by atoms with Crippen molar-refractivity contribution in [2.45, 2.75) is 7.43 Å². The molecule has 0 heterocycles. The number of fused-ring (bicyclic) bond motifs is 6. The summed E-state index contributed by atoms with van der Waals surface area (Å²) in [6, 6.07) is 91.9. The lowest BCUT2D eigenvalue weighted by Crippen LogP contribution is -2.10. The van der Waals surface area contributed by atoms with Crippen LogP contribution in [0.1, 0.15) is 7.43 Å². The van der Waals surface area contributed by atoms with Gasteiger partial charge in [-0.25, -0.2) is 0 Å². The molecule has 0 atom stereocenters. The van der Waals surface area contributed by atoms with E-state index >= 15 is 0 Å². The summed E-state index contributed by atoms with van der Waals surface area (Å²) in [7, 11) is 0. The largest absolute Gasteiger partial charge is 0.311 e. The lowest BCUT2D eigenvalue weighted by Gasteiger charge is -2.26. The van der Waals surface area contributed by atoms with Gasteiger partial charge in [0.1, 0.15) is 0 Å². The number of nitrogens with zero attached hydrogens (tertiary/aromatic N) is 2. The third kappa shape index (κ3) is 7.49. The zero-order valence-corrected chi connectivity index (χ0v) is 34.1. The molecule has 0 amide bonds. The standard InChI is InChI=1S/C60H42N2.CH4/c1-4-15-43(16-5-1)44-27-34-51(35-28-44)61(49-18-6-2-7-19-49)52-36-29-45(30-37-52)46-31-38-53(39-32-46)62(50-20-8-3-9-21-50)54-22-14-17-47(41-54)48-33-40-59-57-25-11-10-23-55(57)56-24-12-13-26-58(56)60(59)42-48;/h1-42H;1H4. The Morgan fingerprint density at radius 1 is 0.175 bits per heavy atom. The van der Waals surface area contributed by atoms with Gasteiger partial charge in [-0.2, -0.15) is 0 Å². The predicted octanol–water partition coefficient (Wildman–Crippen LogP) is 17.7. The lowest BCUT2D eigenvalue weighted by atomic mass is 9.92. The van der Waals surface area contributed by atoms with Crippen LogP contribution in [0.2, 0.25) is 0 Å². The number of hydrogen-bond donors (Lipinski definition) is 0. The van der Waals surface area contributed by atoms with Gasteiger partial charge in [0.2, 0.25) is 0 Å². The molecule has 0 unspecified atom stereocenters. The zero-order valence-electron chi connectivity index (χ0n) is 34.1. The quantitative estimate of drug-likeness (QED) is 0.134. The van der Waals surface area contributed by atoms with Gasteiger partial charge in [-0.1, -0.05) is 183 Å². The summed E-state index contributed by atoms with van der Waals surface area (Å²) in [6.07, 6.45) is 0. The van der Waals surface area contributed by atoms with E-state index in [-0.39, 0.29) is 7.43 Å². The molecule has 0 spiro atoms. The molecule has 0 aliphatic heterocycles. The second-order valence-corrected chi connectivity index (χ2v) is 15.8. The molecule has 0 fully saturated rings. The van der Waals surface area contributed by atoms with Crippen LogP contribution in [0.4, 0.5) is 34.1 Å². The molecule has 11 aromatic rings. The summed E-state index contributed by atoms with van der Waals surface area (Å²) in [6.45, 7) is 0. The zero-order chi connectivity index (χ0) is 41.2. The molecule has 0 N–H and O–H groups in total. The third-order valence-corrected chi connectivity index (χ3v) is 12.0. The Bertz CT molecular complexity index is 3270. The maximum atomic E-state index is 2.37. The first-order chi connectivity index (χ1) is 30.7. The molecule has 300 valence electrons. The van der Waals surface area contributed by atoms with Gasteiger partial charge < -0.3 is 9.80 Å².